The maximum absolute atomic E-state index is 11.6. The zero-order valence-corrected chi connectivity index (χ0v) is 9.41. The molecule has 0 bridgehead atoms. The van der Waals surface area contributed by atoms with Crippen LogP contribution in [-0.2, 0) is 11.3 Å². The normalized spacial score (nSPS) is 13.6. The molecule has 0 saturated carbocycles. The molecule has 1 aromatic rings. The molecule has 86 valence electrons. The van der Waals surface area contributed by atoms with Gasteiger partial charge in [0.15, 0.2) is 17.3 Å². The number of carbonyl (C=O) groups is 1. The van der Waals surface area contributed by atoms with Gasteiger partial charge in [-0.15, -0.1) is 0 Å². The van der Waals surface area contributed by atoms with Crippen molar-refractivity contribution in [2.75, 3.05) is 20.3 Å². The number of ketones is 1. The minimum atomic E-state index is -0.0330. The Morgan fingerprint density at radius 3 is 2.81 bits per heavy atom. The van der Waals surface area contributed by atoms with Gasteiger partial charge in [0.1, 0.15) is 13.2 Å². The quantitative estimate of drug-likeness (QED) is 0.731. The summed E-state index contributed by atoms with van der Waals surface area (Å²) in [7, 11) is 1.60. The first-order chi connectivity index (χ1) is 7.74. The van der Waals surface area contributed by atoms with Gasteiger partial charge >= 0.3 is 0 Å². The van der Waals surface area contributed by atoms with Crippen LogP contribution < -0.4 is 9.47 Å². The van der Waals surface area contributed by atoms with Gasteiger partial charge in [-0.25, -0.2) is 0 Å². The predicted molar refractivity (Wildman–Crippen MR) is 58.1 cm³/mol. The van der Waals surface area contributed by atoms with Crippen LogP contribution in [0.2, 0.25) is 0 Å². The number of benzene rings is 1. The molecule has 0 saturated heterocycles. The van der Waals surface area contributed by atoms with E-state index >= 15 is 0 Å². The van der Waals surface area contributed by atoms with E-state index in [2.05, 4.69) is 0 Å². The Hall–Kier alpha value is -1.55. The zero-order chi connectivity index (χ0) is 11.5. The summed E-state index contributed by atoms with van der Waals surface area (Å²) in [6.07, 6.45) is 0. The lowest BCUT2D eigenvalue weighted by Crippen LogP contribution is -2.18. The Balaban J connectivity index is 2.52. The lowest BCUT2D eigenvalue weighted by atomic mass is 10.0. The molecule has 16 heavy (non-hydrogen) atoms. The lowest BCUT2D eigenvalue weighted by Gasteiger charge is -2.21. The Bertz CT molecular complexity index is 412. The van der Waals surface area contributed by atoms with Crippen molar-refractivity contribution in [1.29, 1.82) is 0 Å². The Labute approximate surface area is 94.1 Å². The van der Waals surface area contributed by atoms with Crippen LogP contribution in [0.4, 0.5) is 0 Å². The summed E-state index contributed by atoms with van der Waals surface area (Å²) in [5.41, 5.74) is 1.40. The second-order valence-electron chi connectivity index (χ2n) is 3.61. The number of carbonyl (C=O) groups excluding carboxylic acids is 1. The highest BCUT2D eigenvalue weighted by molar-refractivity contribution is 5.99. The van der Waals surface area contributed by atoms with Gasteiger partial charge in [-0.05, 0) is 18.6 Å². The van der Waals surface area contributed by atoms with Crippen LogP contribution >= 0.6 is 0 Å². The van der Waals surface area contributed by atoms with Gasteiger partial charge in [-0.2, -0.15) is 0 Å². The van der Waals surface area contributed by atoms with E-state index in [1.54, 1.807) is 7.11 Å². The lowest BCUT2D eigenvalue weighted by molar-refractivity contribution is 0.0995. The van der Waals surface area contributed by atoms with Crippen molar-refractivity contribution in [3.63, 3.8) is 0 Å². The highest BCUT2D eigenvalue weighted by Gasteiger charge is 2.21. The first-order valence-corrected chi connectivity index (χ1v) is 5.15. The van der Waals surface area contributed by atoms with Gasteiger partial charge in [-0.1, -0.05) is 6.07 Å². The topological polar surface area (TPSA) is 44.8 Å². The summed E-state index contributed by atoms with van der Waals surface area (Å²) < 4.78 is 16.0. The third kappa shape index (κ3) is 1.88. The Morgan fingerprint density at radius 1 is 1.38 bits per heavy atom. The summed E-state index contributed by atoms with van der Waals surface area (Å²) in [6.45, 7) is 2.91. The van der Waals surface area contributed by atoms with Crippen LogP contribution in [-0.4, -0.2) is 26.1 Å². The maximum atomic E-state index is 11.6. The van der Waals surface area contributed by atoms with E-state index in [0.29, 0.717) is 36.9 Å². The number of rotatable bonds is 3. The standard InChI is InChI=1S/C12H14O4/c1-8(13)11-9(7-14-2)3-4-10-12(11)16-6-5-15-10/h3-4H,5-7H2,1-2H3. The highest BCUT2D eigenvalue weighted by atomic mass is 16.6. The summed E-state index contributed by atoms with van der Waals surface area (Å²) in [6, 6.07) is 3.66. The van der Waals surface area contributed by atoms with Gasteiger partial charge < -0.3 is 14.2 Å². The molecule has 0 aromatic heterocycles. The summed E-state index contributed by atoms with van der Waals surface area (Å²) in [5.74, 6) is 1.15. The van der Waals surface area contributed by atoms with E-state index in [4.69, 9.17) is 14.2 Å². The van der Waals surface area contributed by atoms with Crippen LogP contribution in [0.3, 0.4) is 0 Å². The molecular weight excluding hydrogens is 208 g/mol. The van der Waals surface area contributed by atoms with E-state index in [0.717, 1.165) is 5.56 Å². The molecule has 0 unspecified atom stereocenters. The molecule has 1 heterocycles. The SMILES string of the molecule is COCc1ccc2c(c1C(C)=O)OCCO2. The monoisotopic (exact) mass is 222 g/mol. The fraction of sp³-hybridized carbons (Fsp3) is 0.417. The number of hydrogen-bond donors (Lipinski definition) is 0. The van der Waals surface area contributed by atoms with Crippen LogP contribution in [0.5, 0.6) is 11.5 Å². The van der Waals surface area contributed by atoms with Crippen LogP contribution in [0.15, 0.2) is 12.1 Å². The van der Waals surface area contributed by atoms with Crippen molar-refractivity contribution in [3.8, 4) is 11.5 Å². The van der Waals surface area contributed by atoms with Crippen molar-refractivity contribution in [2.24, 2.45) is 0 Å². The molecule has 0 radical (unpaired) electrons. The molecule has 1 aliphatic heterocycles. The van der Waals surface area contributed by atoms with Crippen LogP contribution in [0.25, 0.3) is 0 Å². The third-order valence-corrected chi connectivity index (χ3v) is 2.45. The molecule has 0 aliphatic carbocycles. The molecule has 0 spiro atoms. The van der Waals surface area contributed by atoms with Crippen molar-refractivity contribution in [1.82, 2.24) is 0 Å². The second kappa shape index (κ2) is 4.53. The van der Waals surface area contributed by atoms with E-state index in [1.165, 1.54) is 6.92 Å². The molecule has 0 N–H and O–H groups in total. The van der Waals surface area contributed by atoms with E-state index in [-0.39, 0.29) is 5.78 Å². The molecule has 1 aliphatic rings. The van der Waals surface area contributed by atoms with Crippen LogP contribution in [0, 0.1) is 0 Å². The molecule has 0 fully saturated rings. The highest BCUT2D eigenvalue weighted by Crippen LogP contribution is 2.36. The summed E-state index contributed by atoms with van der Waals surface area (Å²) in [5, 5.41) is 0. The molecule has 1 aromatic carbocycles. The largest absolute Gasteiger partial charge is 0.486 e. The average molecular weight is 222 g/mol. The Morgan fingerprint density at radius 2 is 2.12 bits per heavy atom. The molecule has 0 atom stereocenters. The second-order valence-corrected chi connectivity index (χ2v) is 3.61. The average Bonchev–Trinajstić information content (AvgIpc) is 2.28. The smallest absolute Gasteiger partial charge is 0.172 e. The molecule has 4 heteroatoms. The number of fused-ring (bicyclic) bond motifs is 1. The van der Waals surface area contributed by atoms with Crippen LogP contribution in [0.1, 0.15) is 22.8 Å². The van der Waals surface area contributed by atoms with Crippen molar-refractivity contribution >= 4 is 5.78 Å². The first kappa shape index (κ1) is 11.0. The minimum absolute atomic E-state index is 0.0330. The van der Waals surface area contributed by atoms with Gasteiger partial charge in [0.2, 0.25) is 0 Å². The molecule has 0 amide bonds. The van der Waals surface area contributed by atoms with E-state index in [1.807, 2.05) is 12.1 Å². The fourth-order valence-corrected chi connectivity index (χ4v) is 1.82. The summed E-state index contributed by atoms with van der Waals surface area (Å²) in [4.78, 5) is 11.6. The third-order valence-electron chi connectivity index (χ3n) is 2.45. The molecule has 4 nitrogen and oxygen atoms in total. The van der Waals surface area contributed by atoms with Gasteiger partial charge in [-0.3, -0.25) is 4.79 Å². The maximum Gasteiger partial charge on any atom is 0.172 e. The van der Waals surface area contributed by atoms with Crippen molar-refractivity contribution < 1.29 is 19.0 Å². The zero-order valence-electron chi connectivity index (χ0n) is 9.41. The van der Waals surface area contributed by atoms with Gasteiger partial charge in [0.05, 0.1) is 12.2 Å². The number of ether oxygens (including phenoxy) is 3. The fourth-order valence-electron chi connectivity index (χ4n) is 1.82. The number of methoxy groups -OCH3 is 1. The predicted octanol–water partition coefficient (Wildman–Crippen LogP) is 1.81. The van der Waals surface area contributed by atoms with Crippen molar-refractivity contribution in [2.45, 2.75) is 13.5 Å². The minimum Gasteiger partial charge on any atom is -0.486 e. The summed E-state index contributed by atoms with van der Waals surface area (Å²) >= 11 is 0. The van der Waals surface area contributed by atoms with E-state index < -0.39 is 0 Å². The number of Topliss-reactive ketones (excluding diaryl/α,β-unsaturated/α-hetero) is 1. The van der Waals surface area contributed by atoms with Gasteiger partial charge in [0, 0.05) is 7.11 Å². The molecular formula is C12H14O4. The first-order valence-electron chi connectivity index (χ1n) is 5.15. The molecule has 2 rings (SSSR count). The van der Waals surface area contributed by atoms with Gasteiger partial charge in [0.25, 0.3) is 0 Å². The van der Waals surface area contributed by atoms with Crippen molar-refractivity contribution in [3.05, 3.63) is 23.3 Å². The number of hydrogen-bond acceptors (Lipinski definition) is 4. The van der Waals surface area contributed by atoms with E-state index in [9.17, 15) is 4.79 Å². The Kier molecular flexibility index (Phi) is 3.10.